The maximum Gasteiger partial charge on any atom is 0.339 e. The van der Waals surface area contributed by atoms with E-state index < -0.39 is 5.97 Å². The van der Waals surface area contributed by atoms with Gasteiger partial charge in [-0.3, -0.25) is 4.79 Å². The van der Waals surface area contributed by atoms with Gasteiger partial charge in [0, 0.05) is 12.4 Å². The number of aromatic nitrogens is 2. The van der Waals surface area contributed by atoms with Crippen molar-refractivity contribution in [3.05, 3.63) is 40.9 Å². The van der Waals surface area contributed by atoms with Gasteiger partial charge in [0.25, 0.3) is 5.91 Å². The van der Waals surface area contributed by atoms with Crippen LogP contribution in [0.25, 0.3) is 0 Å². The van der Waals surface area contributed by atoms with Crippen molar-refractivity contribution < 1.29 is 14.3 Å². The van der Waals surface area contributed by atoms with Crippen molar-refractivity contribution in [1.82, 2.24) is 9.59 Å². The average Bonchev–Trinajstić information content (AvgIpc) is 2.99. The summed E-state index contributed by atoms with van der Waals surface area (Å²) in [6.07, 6.45) is 0. The predicted molar refractivity (Wildman–Crippen MR) is 70.4 cm³/mol. The number of hydrogen-bond donors (Lipinski definition) is 0. The van der Waals surface area contributed by atoms with Crippen LogP contribution >= 0.6 is 11.5 Å². The molecule has 0 saturated heterocycles. The standard InChI is InChI=1S/C12H11N3O3S/c1-15(11(16)9-7-19-14-13-9)10-6-4-3-5-8(10)12(17)18-2/h3-7H,1-2H3. The summed E-state index contributed by atoms with van der Waals surface area (Å²) in [7, 11) is 2.87. The van der Waals surface area contributed by atoms with Crippen LogP contribution in [-0.2, 0) is 4.74 Å². The van der Waals surface area contributed by atoms with Crippen molar-refractivity contribution in [2.45, 2.75) is 0 Å². The van der Waals surface area contributed by atoms with Crippen molar-refractivity contribution in [3.63, 3.8) is 0 Å². The minimum absolute atomic E-state index is 0.243. The van der Waals surface area contributed by atoms with Gasteiger partial charge in [-0.25, -0.2) is 4.79 Å². The van der Waals surface area contributed by atoms with E-state index in [1.54, 1.807) is 36.7 Å². The van der Waals surface area contributed by atoms with Gasteiger partial charge < -0.3 is 9.64 Å². The van der Waals surface area contributed by atoms with E-state index in [2.05, 4.69) is 9.59 Å². The highest BCUT2D eigenvalue weighted by Gasteiger charge is 2.21. The van der Waals surface area contributed by atoms with Gasteiger partial charge in [-0.05, 0) is 23.7 Å². The Morgan fingerprint density at radius 1 is 1.32 bits per heavy atom. The van der Waals surface area contributed by atoms with Gasteiger partial charge in [0.2, 0.25) is 0 Å². The number of amides is 1. The van der Waals surface area contributed by atoms with Crippen molar-refractivity contribution in [1.29, 1.82) is 0 Å². The number of ether oxygens (including phenoxy) is 1. The molecular formula is C12H11N3O3S. The van der Waals surface area contributed by atoms with E-state index in [1.165, 1.54) is 12.0 Å². The van der Waals surface area contributed by atoms with Crippen molar-refractivity contribution in [3.8, 4) is 0 Å². The van der Waals surface area contributed by atoms with E-state index >= 15 is 0 Å². The Kier molecular flexibility index (Phi) is 3.86. The Morgan fingerprint density at radius 2 is 2.05 bits per heavy atom. The molecule has 0 aliphatic rings. The van der Waals surface area contributed by atoms with Crippen LogP contribution in [0.15, 0.2) is 29.6 Å². The molecule has 0 spiro atoms. The Labute approximate surface area is 113 Å². The highest BCUT2D eigenvalue weighted by molar-refractivity contribution is 7.03. The molecule has 0 fully saturated rings. The maximum absolute atomic E-state index is 12.1. The van der Waals surface area contributed by atoms with Crippen LogP contribution in [0.4, 0.5) is 5.69 Å². The fourth-order valence-corrected chi connectivity index (χ4v) is 2.02. The molecule has 19 heavy (non-hydrogen) atoms. The van der Waals surface area contributed by atoms with Crippen LogP contribution in [0.2, 0.25) is 0 Å². The number of esters is 1. The molecule has 2 rings (SSSR count). The molecule has 0 aliphatic heterocycles. The van der Waals surface area contributed by atoms with Crippen LogP contribution in [-0.4, -0.2) is 35.6 Å². The van der Waals surface area contributed by atoms with Crippen LogP contribution < -0.4 is 4.90 Å². The lowest BCUT2D eigenvalue weighted by Crippen LogP contribution is -2.28. The third-order valence-corrected chi connectivity index (χ3v) is 3.06. The van der Waals surface area contributed by atoms with Gasteiger partial charge in [-0.1, -0.05) is 16.6 Å². The second-order valence-electron chi connectivity index (χ2n) is 3.66. The largest absolute Gasteiger partial charge is 0.465 e. The smallest absolute Gasteiger partial charge is 0.339 e. The second kappa shape index (κ2) is 5.57. The summed E-state index contributed by atoms with van der Waals surface area (Å²) in [5.74, 6) is -0.822. The van der Waals surface area contributed by atoms with Crippen molar-refractivity contribution in [2.75, 3.05) is 19.1 Å². The number of anilines is 1. The fraction of sp³-hybridized carbons (Fsp3) is 0.167. The molecule has 0 atom stereocenters. The minimum atomic E-state index is -0.494. The SMILES string of the molecule is COC(=O)c1ccccc1N(C)C(=O)c1csnn1. The van der Waals surface area contributed by atoms with E-state index in [4.69, 9.17) is 4.74 Å². The molecule has 98 valence electrons. The van der Waals surface area contributed by atoms with E-state index in [0.29, 0.717) is 11.3 Å². The quantitative estimate of drug-likeness (QED) is 0.797. The highest BCUT2D eigenvalue weighted by atomic mass is 32.1. The zero-order valence-electron chi connectivity index (χ0n) is 10.4. The topological polar surface area (TPSA) is 72.4 Å². The summed E-state index contributed by atoms with van der Waals surface area (Å²) >= 11 is 1.10. The Hall–Kier alpha value is -2.28. The number of hydrogen-bond acceptors (Lipinski definition) is 6. The molecule has 0 saturated carbocycles. The first-order valence-electron chi connectivity index (χ1n) is 5.37. The monoisotopic (exact) mass is 277 g/mol. The first-order valence-corrected chi connectivity index (χ1v) is 6.21. The van der Waals surface area contributed by atoms with Gasteiger partial charge in [0.1, 0.15) is 0 Å². The lowest BCUT2D eigenvalue weighted by molar-refractivity contribution is 0.0601. The summed E-state index contributed by atoms with van der Waals surface area (Å²) in [4.78, 5) is 25.2. The Balaban J connectivity index is 2.36. The second-order valence-corrected chi connectivity index (χ2v) is 4.27. The average molecular weight is 277 g/mol. The molecule has 1 amide bonds. The lowest BCUT2D eigenvalue weighted by atomic mass is 10.1. The number of benzene rings is 1. The summed E-state index contributed by atoms with van der Waals surface area (Å²) in [6, 6.07) is 6.72. The van der Waals surface area contributed by atoms with Gasteiger partial charge >= 0.3 is 5.97 Å². The maximum atomic E-state index is 12.1. The molecule has 1 aromatic heterocycles. The number of nitrogens with zero attached hydrogens (tertiary/aromatic N) is 3. The van der Waals surface area contributed by atoms with Gasteiger partial charge in [0.05, 0.1) is 18.4 Å². The van der Waals surface area contributed by atoms with Gasteiger partial charge in [0.15, 0.2) is 5.69 Å². The normalized spacial score (nSPS) is 10.0. The molecule has 0 bridgehead atoms. The predicted octanol–water partition coefficient (Wildman–Crippen LogP) is 1.60. The molecule has 1 heterocycles. The molecule has 0 radical (unpaired) electrons. The lowest BCUT2D eigenvalue weighted by Gasteiger charge is -2.18. The third-order valence-electron chi connectivity index (χ3n) is 2.55. The molecule has 0 unspecified atom stereocenters. The zero-order valence-corrected chi connectivity index (χ0v) is 11.2. The van der Waals surface area contributed by atoms with Gasteiger partial charge in [-0.2, -0.15) is 0 Å². The van der Waals surface area contributed by atoms with E-state index in [9.17, 15) is 9.59 Å². The van der Waals surface area contributed by atoms with Crippen LogP contribution in [0.5, 0.6) is 0 Å². The zero-order chi connectivity index (χ0) is 13.8. The number of carbonyl (C=O) groups excluding carboxylic acids is 2. The van der Waals surface area contributed by atoms with Crippen LogP contribution in [0.3, 0.4) is 0 Å². The molecule has 7 heteroatoms. The van der Waals surface area contributed by atoms with Crippen molar-refractivity contribution >= 4 is 29.1 Å². The summed E-state index contributed by atoms with van der Waals surface area (Å²) in [6.45, 7) is 0. The molecular weight excluding hydrogens is 266 g/mol. The van der Waals surface area contributed by atoms with E-state index in [-0.39, 0.29) is 11.6 Å². The molecule has 0 N–H and O–H groups in total. The van der Waals surface area contributed by atoms with Crippen LogP contribution in [0, 0.1) is 0 Å². The first-order chi connectivity index (χ1) is 9.15. The summed E-state index contributed by atoms with van der Waals surface area (Å²) in [5, 5.41) is 5.27. The summed E-state index contributed by atoms with van der Waals surface area (Å²) in [5.41, 5.74) is 1.03. The molecule has 6 nitrogen and oxygen atoms in total. The number of rotatable bonds is 3. The van der Waals surface area contributed by atoms with Crippen molar-refractivity contribution in [2.24, 2.45) is 0 Å². The third kappa shape index (κ3) is 2.60. The first kappa shape index (κ1) is 13.2. The van der Waals surface area contributed by atoms with Crippen LogP contribution in [0.1, 0.15) is 20.8 Å². The number of methoxy groups -OCH3 is 1. The van der Waals surface area contributed by atoms with Gasteiger partial charge in [-0.15, -0.1) is 5.10 Å². The highest BCUT2D eigenvalue weighted by Crippen LogP contribution is 2.21. The number of carbonyl (C=O) groups is 2. The molecule has 1 aromatic carbocycles. The molecule has 2 aromatic rings. The van der Waals surface area contributed by atoms with E-state index in [0.717, 1.165) is 11.5 Å². The Bertz CT molecular complexity index is 598. The van der Waals surface area contributed by atoms with E-state index in [1.807, 2.05) is 0 Å². The number of para-hydroxylation sites is 1. The molecule has 0 aliphatic carbocycles. The Morgan fingerprint density at radius 3 is 2.68 bits per heavy atom. The summed E-state index contributed by atoms with van der Waals surface area (Å²) < 4.78 is 8.34. The minimum Gasteiger partial charge on any atom is -0.465 e. The fourth-order valence-electron chi connectivity index (χ4n) is 1.59.